The highest BCUT2D eigenvalue weighted by molar-refractivity contribution is 5.70. The largest absolute Gasteiger partial charge is 0.467 e. The number of carbonyl (C=O) groups excluding carboxylic acids is 1. The molecule has 0 radical (unpaired) electrons. The highest BCUT2D eigenvalue weighted by atomic mass is 16.6. The van der Waals surface area contributed by atoms with Crippen molar-refractivity contribution >= 4 is 5.97 Å². The van der Waals surface area contributed by atoms with Gasteiger partial charge in [-0.25, -0.2) is 4.79 Å². The number of methoxy groups -OCH3 is 1. The summed E-state index contributed by atoms with van der Waals surface area (Å²) in [6.07, 6.45) is 3.56. The topological polar surface area (TPSA) is 47.6 Å². The number of hydrogen-bond acceptors (Lipinski definition) is 4. The number of nitrogens with one attached hydrogen (secondary N) is 1. The van der Waals surface area contributed by atoms with E-state index in [0.29, 0.717) is 12.5 Å². The van der Waals surface area contributed by atoms with Gasteiger partial charge in [-0.05, 0) is 38.3 Å². The first-order chi connectivity index (χ1) is 6.83. The molecule has 82 valence electrons. The lowest BCUT2D eigenvalue weighted by Gasteiger charge is -2.22. The average molecular weight is 201 g/mol. The second-order valence-corrected chi connectivity index (χ2v) is 3.63. The van der Waals surface area contributed by atoms with Gasteiger partial charge in [-0.3, -0.25) is 0 Å². The number of rotatable bonds is 5. The predicted octanol–water partition coefficient (Wildman–Crippen LogP) is 0.566. The SMILES string of the molecule is COC(=O)COCCC1CCCNC1. The van der Waals surface area contributed by atoms with Crippen LogP contribution < -0.4 is 5.32 Å². The van der Waals surface area contributed by atoms with Crippen LogP contribution in [-0.2, 0) is 14.3 Å². The highest BCUT2D eigenvalue weighted by Crippen LogP contribution is 2.13. The van der Waals surface area contributed by atoms with Crippen molar-refractivity contribution in [3.05, 3.63) is 0 Å². The Balaban J connectivity index is 1.94. The van der Waals surface area contributed by atoms with Crippen LogP contribution in [0.15, 0.2) is 0 Å². The molecule has 1 unspecified atom stereocenters. The van der Waals surface area contributed by atoms with E-state index in [1.807, 2.05) is 0 Å². The van der Waals surface area contributed by atoms with Crippen molar-refractivity contribution in [3.8, 4) is 0 Å². The summed E-state index contributed by atoms with van der Waals surface area (Å²) in [5.41, 5.74) is 0. The minimum atomic E-state index is -0.299. The van der Waals surface area contributed by atoms with Gasteiger partial charge in [0, 0.05) is 6.61 Å². The molecule has 1 aliphatic rings. The van der Waals surface area contributed by atoms with Crippen molar-refractivity contribution in [1.82, 2.24) is 5.32 Å². The molecule has 1 aliphatic heterocycles. The first-order valence-electron chi connectivity index (χ1n) is 5.18. The quantitative estimate of drug-likeness (QED) is 0.521. The average Bonchev–Trinajstić information content (AvgIpc) is 2.25. The van der Waals surface area contributed by atoms with Gasteiger partial charge in [-0.2, -0.15) is 0 Å². The smallest absolute Gasteiger partial charge is 0.331 e. The standard InChI is InChI=1S/C10H19NO3/c1-13-10(12)8-14-6-4-9-3-2-5-11-7-9/h9,11H,2-8H2,1H3. The highest BCUT2D eigenvalue weighted by Gasteiger charge is 2.12. The Morgan fingerprint density at radius 3 is 3.07 bits per heavy atom. The van der Waals surface area contributed by atoms with E-state index in [1.54, 1.807) is 0 Å². The summed E-state index contributed by atoms with van der Waals surface area (Å²) >= 11 is 0. The van der Waals surface area contributed by atoms with E-state index in [4.69, 9.17) is 4.74 Å². The molecular weight excluding hydrogens is 182 g/mol. The third kappa shape index (κ3) is 4.58. The molecule has 0 amide bonds. The molecule has 1 saturated heterocycles. The number of esters is 1. The Kier molecular flexibility index (Phi) is 5.56. The number of hydrogen-bond donors (Lipinski definition) is 1. The van der Waals surface area contributed by atoms with E-state index in [1.165, 1.54) is 20.0 Å². The summed E-state index contributed by atoms with van der Waals surface area (Å²) in [4.78, 5) is 10.7. The van der Waals surface area contributed by atoms with E-state index in [2.05, 4.69) is 10.1 Å². The Morgan fingerprint density at radius 1 is 1.57 bits per heavy atom. The summed E-state index contributed by atoms with van der Waals surface area (Å²) < 4.78 is 9.65. The van der Waals surface area contributed by atoms with Gasteiger partial charge in [0.1, 0.15) is 6.61 Å². The Bertz CT molecular complexity index is 167. The fraction of sp³-hybridized carbons (Fsp3) is 0.900. The second kappa shape index (κ2) is 6.79. The summed E-state index contributed by atoms with van der Waals surface area (Å²) in [6, 6.07) is 0. The van der Waals surface area contributed by atoms with Crippen molar-refractivity contribution in [1.29, 1.82) is 0 Å². The van der Waals surface area contributed by atoms with Crippen molar-refractivity contribution in [2.75, 3.05) is 33.4 Å². The lowest BCUT2D eigenvalue weighted by molar-refractivity contribution is -0.146. The van der Waals surface area contributed by atoms with Crippen LogP contribution in [0.25, 0.3) is 0 Å². The molecule has 14 heavy (non-hydrogen) atoms. The molecule has 0 bridgehead atoms. The van der Waals surface area contributed by atoms with E-state index in [0.717, 1.165) is 19.5 Å². The lowest BCUT2D eigenvalue weighted by Crippen LogP contribution is -2.30. The first-order valence-corrected chi connectivity index (χ1v) is 5.18. The van der Waals surface area contributed by atoms with Crippen LogP contribution in [-0.4, -0.2) is 39.4 Å². The number of piperidine rings is 1. The molecule has 4 nitrogen and oxygen atoms in total. The number of ether oxygens (including phenoxy) is 2. The molecule has 1 rings (SSSR count). The molecule has 0 aromatic heterocycles. The van der Waals surface area contributed by atoms with Gasteiger partial charge < -0.3 is 14.8 Å². The predicted molar refractivity (Wildman–Crippen MR) is 53.0 cm³/mol. The van der Waals surface area contributed by atoms with Crippen LogP contribution in [0.2, 0.25) is 0 Å². The van der Waals surface area contributed by atoms with E-state index in [9.17, 15) is 4.79 Å². The van der Waals surface area contributed by atoms with Gasteiger partial charge in [-0.15, -0.1) is 0 Å². The van der Waals surface area contributed by atoms with Crippen molar-refractivity contribution in [2.24, 2.45) is 5.92 Å². The van der Waals surface area contributed by atoms with E-state index < -0.39 is 0 Å². The molecule has 0 aliphatic carbocycles. The van der Waals surface area contributed by atoms with Crippen LogP contribution in [0.4, 0.5) is 0 Å². The molecule has 0 aromatic rings. The van der Waals surface area contributed by atoms with Crippen LogP contribution in [0.1, 0.15) is 19.3 Å². The van der Waals surface area contributed by atoms with Crippen LogP contribution >= 0.6 is 0 Å². The zero-order chi connectivity index (χ0) is 10.2. The molecule has 0 spiro atoms. The maximum atomic E-state index is 10.7. The molecular formula is C10H19NO3. The maximum absolute atomic E-state index is 10.7. The normalized spacial score (nSPS) is 21.9. The Hall–Kier alpha value is -0.610. The summed E-state index contributed by atoms with van der Waals surface area (Å²) in [5.74, 6) is 0.410. The first kappa shape index (κ1) is 11.5. The van der Waals surface area contributed by atoms with Gasteiger partial charge in [-0.1, -0.05) is 0 Å². The van der Waals surface area contributed by atoms with Crippen molar-refractivity contribution in [3.63, 3.8) is 0 Å². The van der Waals surface area contributed by atoms with Crippen LogP contribution in [0.5, 0.6) is 0 Å². The van der Waals surface area contributed by atoms with Crippen molar-refractivity contribution < 1.29 is 14.3 Å². The number of carbonyl (C=O) groups is 1. The monoisotopic (exact) mass is 201 g/mol. The second-order valence-electron chi connectivity index (χ2n) is 3.63. The molecule has 1 heterocycles. The van der Waals surface area contributed by atoms with E-state index >= 15 is 0 Å². The zero-order valence-electron chi connectivity index (χ0n) is 8.75. The van der Waals surface area contributed by atoms with Gasteiger partial charge in [0.05, 0.1) is 7.11 Å². The van der Waals surface area contributed by atoms with E-state index in [-0.39, 0.29) is 12.6 Å². The molecule has 0 aromatic carbocycles. The fourth-order valence-corrected chi connectivity index (χ4v) is 1.63. The van der Waals surface area contributed by atoms with Gasteiger partial charge in [0.15, 0.2) is 0 Å². The molecule has 0 saturated carbocycles. The minimum absolute atomic E-state index is 0.0800. The summed E-state index contributed by atoms with van der Waals surface area (Å²) in [7, 11) is 1.37. The minimum Gasteiger partial charge on any atom is -0.467 e. The Labute approximate surface area is 85.0 Å². The molecule has 4 heteroatoms. The third-order valence-corrected chi connectivity index (χ3v) is 2.52. The van der Waals surface area contributed by atoms with Crippen LogP contribution in [0.3, 0.4) is 0 Å². The summed E-state index contributed by atoms with van der Waals surface area (Å²) in [5, 5.41) is 3.35. The van der Waals surface area contributed by atoms with Gasteiger partial charge in [0.2, 0.25) is 0 Å². The molecule has 1 N–H and O–H groups in total. The third-order valence-electron chi connectivity index (χ3n) is 2.52. The molecule has 1 fully saturated rings. The maximum Gasteiger partial charge on any atom is 0.331 e. The fourth-order valence-electron chi connectivity index (χ4n) is 1.63. The van der Waals surface area contributed by atoms with Crippen LogP contribution in [0, 0.1) is 5.92 Å². The van der Waals surface area contributed by atoms with Gasteiger partial charge in [0.25, 0.3) is 0 Å². The summed E-state index contributed by atoms with van der Waals surface area (Å²) in [6.45, 7) is 2.96. The zero-order valence-corrected chi connectivity index (χ0v) is 8.75. The van der Waals surface area contributed by atoms with Crippen molar-refractivity contribution in [2.45, 2.75) is 19.3 Å². The van der Waals surface area contributed by atoms with Gasteiger partial charge >= 0.3 is 5.97 Å². The Morgan fingerprint density at radius 2 is 2.43 bits per heavy atom. The molecule has 1 atom stereocenters. The lowest BCUT2D eigenvalue weighted by atomic mass is 9.97.